The summed E-state index contributed by atoms with van der Waals surface area (Å²) in [6.45, 7) is 0.163. The Labute approximate surface area is 140 Å². The number of amides is 1. The van der Waals surface area contributed by atoms with Gasteiger partial charge in [0.05, 0.1) is 22.8 Å². The van der Waals surface area contributed by atoms with E-state index in [4.69, 9.17) is 0 Å². The molecule has 2 heterocycles. The van der Waals surface area contributed by atoms with Gasteiger partial charge in [-0.1, -0.05) is 6.07 Å². The summed E-state index contributed by atoms with van der Waals surface area (Å²) in [6.07, 6.45) is 1.51. The van der Waals surface area contributed by atoms with Crippen molar-refractivity contribution >= 4 is 11.6 Å². The number of nitrogens with one attached hydrogen (secondary N) is 1. The maximum Gasteiger partial charge on any atom is 0.333 e. The number of benzene rings is 1. The zero-order valence-electron chi connectivity index (χ0n) is 13.4. The lowest BCUT2D eigenvalue weighted by Crippen LogP contribution is -2.14. The minimum absolute atomic E-state index is 0.0628. The maximum absolute atomic E-state index is 13.3. The van der Waals surface area contributed by atoms with Gasteiger partial charge in [0.25, 0.3) is 5.91 Å². The second-order valence-electron chi connectivity index (χ2n) is 5.35. The second-order valence-corrected chi connectivity index (χ2v) is 5.35. The number of rotatable bonds is 4. The molecule has 3 aromatic rings. The fourth-order valence-electron chi connectivity index (χ4n) is 2.42. The second kappa shape index (κ2) is 6.42. The van der Waals surface area contributed by atoms with Crippen LogP contribution < -0.4 is 5.32 Å². The number of hydrogen-bond acceptors (Lipinski definition) is 3. The number of carbonyl (C=O) groups excluding carboxylic acids is 1. The lowest BCUT2D eigenvalue weighted by atomic mass is 10.3. The van der Waals surface area contributed by atoms with Gasteiger partial charge in [-0.2, -0.15) is 19.0 Å². The molecule has 1 amide bonds. The third-order valence-corrected chi connectivity index (χ3v) is 3.64. The van der Waals surface area contributed by atoms with Crippen molar-refractivity contribution < 1.29 is 18.0 Å². The van der Waals surface area contributed by atoms with Gasteiger partial charge in [0.2, 0.25) is 0 Å². The highest BCUT2D eigenvalue weighted by molar-refractivity contribution is 6.03. The molecular weight excluding hydrogens is 335 g/mol. The monoisotopic (exact) mass is 349 g/mol. The summed E-state index contributed by atoms with van der Waals surface area (Å²) in [6, 6.07) is 7.18. The molecule has 6 nitrogen and oxygen atoms in total. The van der Waals surface area contributed by atoms with Crippen LogP contribution in [-0.2, 0) is 0 Å². The number of aryl methyl sites for hydroxylation is 1. The minimum atomic E-state index is -2.79. The maximum atomic E-state index is 13.3. The van der Waals surface area contributed by atoms with E-state index in [0.29, 0.717) is 10.4 Å². The number of carbonyl (C=O) groups is 1. The van der Waals surface area contributed by atoms with Crippen molar-refractivity contribution in [2.24, 2.45) is 0 Å². The average Bonchev–Trinajstić information content (AvgIpc) is 3.15. The molecular formula is C16H14F3N5O. The fraction of sp³-hybridized carbons (Fsp3) is 0.188. The van der Waals surface area contributed by atoms with Gasteiger partial charge in [-0.3, -0.25) is 4.79 Å². The van der Waals surface area contributed by atoms with E-state index in [2.05, 4.69) is 15.5 Å². The van der Waals surface area contributed by atoms with Crippen molar-refractivity contribution in [3.8, 4) is 5.69 Å². The number of aromatic nitrogens is 4. The SMILES string of the molecule is Cc1nn(C(F)F)c(C)c1NC(=O)c1ccn(-c2cccc(F)c2)n1. The molecule has 0 aliphatic carbocycles. The summed E-state index contributed by atoms with van der Waals surface area (Å²) >= 11 is 0. The molecule has 2 aromatic heterocycles. The Balaban J connectivity index is 1.84. The Hall–Kier alpha value is -3.10. The van der Waals surface area contributed by atoms with E-state index in [1.54, 1.807) is 6.07 Å². The minimum Gasteiger partial charge on any atom is -0.317 e. The molecule has 0 aliphatic rings. The third kappa shape index (κ3) is 3.25. The number of hydrogen-bond donors (Lipinski definition) is 1. The summed E-state index contributed by atoms with van der Waals surface area (Å²) in [5.74, 6) is -1.00. The van der Waals surface area contributed by atoms with Crippen LogP contribution in [0, 0.1) is 19.7 Å². The number of halogens is 3. The van der Waals surface area contributed by atoms with Gasteiger partial charge < -0.3 is 5.32 Å². The first-order valence-corrected chi connectivity index (χ1v) is 7.33. The third-order valence-electron chi connectivity index (χ3n) is 3.64. The van der Waals surface area contributed by atoms with Gasteiger partial charge in [-0.25, -0.2) is 13.8 Å². The van der Waals surface area contributed by atoms with E-state index in [-0.39, 0.29) is 22.8 Å². The summed E-state index contributed by atoms with van der Waals surface area (Å²) < 4.78 is 40.9. The van der Waals surface area contributed by atoms with E-state index in [0.717, 1.165) is 0 Å². The van der Waals surface area contributed by atoms with Gasteiger partial charge >= 0.3 is 6.55 Å². The molecule has 0 unspecified atom stereocenters. The van der Waals surface area contributed by atoms with Crippen LogP contribution >= 0.6 is 0 Å². The van der Waals surface area contributed by atoms with Crippen molar-refractivity contribution in [2.75, 3.05) is 5.32 Å². The molecule has 0 spiro atoms. The molecule has 0 saturated heterocycles. The molecule has 0 radical (unpaired) electrons. The molecule has 0 saturated carbocycles. The van der Waals surface area contributed by atoms with Crippen LogP contribution in [-0.4, -0.2) is 25.5 Å². The van der Waals surface area contributed by atoms with E-state index in [1.807, 2.05) is 0 Å². The Bertz CT molecular complexity index is 932. The largest absolute Gasteiger partial charge is 0.333 e. The van der Waals surface area contributed by atoms with Gasteiger partial charge in [0.15, 0.2) is 5.69 Å². The lowest BCUT2D eigenvalue weighted by molar-refractivity contribution is 0.0541. The highest BCUT2D eigenvalue weighted by atomic mass is 19.3. The molecule has 25 heavy (non-hydrogen) atoms. The summed E-state index contributed by atoms with van der Waals surface area (Å²) in [7, 11) is 0. The molecule has 1 aromatic carbocycles. The van der Waals surface area contributed by atoms with Crippen LogP contribution in [0.2, 0.25) is 0 Å². The normalized spacial score (nSPS) is 11.1. The molecule has 0 atom stereocenters. The smallest absolute Gasteiger partial charge is 0.317 e. The molecule has 9 heteroatoms. The first-order valence-electron chi connectivity index (χ1n) is 7.33. The van der Waals surface area contributed by atoms with E-state index in [1.165, 1.54) is 49.0 Å². The predicted molar refractivity (Wildman–Crippen MR) is 84.4 cm³/mol. The fourth-order valence-corrected chi connectivity index (χ4v) is 2.42. The molecule has 1 N–H and O–H groups in total. The molecule has 0 bridgehead atoms. The zero-order valence-corrected chi connectivity index (χ0v) is 13.4. The average molecular weight is 349 g/mol. The topological polar surface area (TPSA) is 64.7 Å². The zero-order chi connectivity index (χ0) is 18.1. The highest BCUT2D eigenvalue weighted by Crippen LogP contribution is 2.24. The van der Waals surface area contributed by atoms with Crippen LogP contribution in [0.4, 0.5) is 18.9 Å². The van der Waals surface area contributed by atoms with Crippen molar-refractivity contribution in [1.29, 1.82) is 0 Å². The number of nitrogens with zero attached hydrogens (tertiary/aromatic N) is 4. The lowest BCUT2D eigenvalue weighted by Gasteiger charge is -2.05. The standard InChI is InChI=1S/C16H14F3N5O/c1-9-14(10(2)24(21-9)16(18)19)20-15(25)13-6-7-23(22-13)12-5-3-4-11(17)8-12/h3-8,16H,1-2H3,(H,20,25). The van der Waals surface area contributed by atoms with Crippen LogP contribution in [0.1, 0.15) is 28.4 Å². The van der Waals surface area contributed by atoms with Crippen molar-refractivity contribution in [3.05, 3.63) is 59.4 Å². The van der Waals surface area contributed by atoms with Crippen molar-refractivity contribution in [3.63, 3.8) is 0 Å². The van der Waals surface area contributed by atoms with Gasteiger partial charge in [0.1, 0.15) is 5.82 Å². The molecule has 130 valence electrons. The molecule has 3 rings (SSSR count). The van der Waals surface area contributed by atoms with Crippen molar-refractivity contribution in [2.45, 2.75) is 20.4 Å². The van der Waals surface area contributed by atoms with Crippen LogP contribution in [0.3, 0.4) is 0 Å². The van der Waals surface area contributed by atoms with Gasteiger partial charge in [-0.05, 0) is 38.1 Å². The Kier molecular flexibility index (Phi) is 4.30. The quantitative estimate of drug-likeness (QED) is 0.784. The first kappa shape index (κ1) is 16.7. The highest BCUT2D eigenvalue weighted by Gasteiger charge is 2.20. The molecule has 0 fully saturated rings. The van der Waals surface area contributed by atoms with E-state index < -0.39 is 18.3 Å². The first-order chi connectivity index (χ1) is 11.9. The summed E-state index contributed by atoms with van der Waals surface area (Å²) in [4.78, 5) is 12.3. The van der Waals surface area contributed by atoms with Crippen LogP contribution in [0.5, 0.6) is 0 Å². The van der Waals surface area contributed by atoms with Crippen LogP contribution in [0.15, 0.2) is 36.5 Å². The predicted octanol–water partition coefficient (Wildman–Crippen LogP) is 3.47. The Morgan fingerprint density at radius 1 is 1.20 bits per heavy atom. The number of alkyl halides is 2. The van der Waals surface area contributed by atoms with E-state index >= 15 is 0 Å². The Morgan fingerprint density at radius 2 is 1.96 bits per heavy atom. The number of anilines is 1. The van der Waals surface area contributed by atoms with Crippen molar-refractivity contribution in [1.82, 2.24) is 19.6 Å². The Morgan fingerprint density at radius 3 is 2.60 bits per heavy atom. The summed E-state index contributed by atoms with van der Waals surface area (Å²) in [5, 5.41) is 10.3. The van der Waals surface area contributed by atoms with Gasteiger partial charge in [-0.15, -0.1) is 0 Å². The molecule has 0 aliphatic heterocycles. The van der Waals surface area contributed by atoms with Gasteiger partial charge in [0, 0.05) is 6.20 Å². The van der Waals surface area contributed by atoms with E-state index in [9.17, 15) is 18.0 Å². The summed E-state index contributed by atoms with van der Waals surface area (Å²) in [5.41, 5.74) is 1.15. The van der Waals surface area contributed by atoms with Crippen LogP contribution in [0.25, 0.3) is 5.69 Å².